The van der Waals surface area contributed by atoms with Crippen LogP contribution in [0.25, 0.3) is 27.9 Å². The zero-order valence-corrected chi connectivity index (χ0v) is 19.0. The van der Waals surface area contributed by atoms with Crippen LogP contribution in [0, 0.1) is 6.92 Å². The van der Waals surface area contributed by atoms with Crippen molar-refractivity contribution in [3.8, 4) is 11.3 Å². The second-order valence-corrected chi connectivity index (χ2v) is 9.04. The fraction of sp³-hybridized carbons (Fsp3) is 0.304. The van der Waals surface area contributed by atoms with E-state index < -0.39 is 0 Å². The van der Waals surface area contributed by atoms with E-state index in [1.807, 2.05) is 13.0 Å². The zero-order valence-electron chi connectivity index (χ0n) is 18.2. The molecule has 0 amide bonds. The molecule has 158 valence electrons. The van der Waals surface area contributed by atoms with Gasteiger partial charge in [-0.2, -0.15) is 0 Å². The smallest absolute Gasteiger partial charge is 0.192 e. The average molecular weight is 426 g/mol. The molecule has 7 heteroatoms. The van der Waals surface area contributed by atoms with Gasteiger partial charge in [0.15, 0.2) is 5.43 Å². The van der Waals surface area contributed by atoms with Crippen molar-refractivity contribution in [3.63, 3.8) is 0 Å². The maximum atomic E-state index is 13.1. The van der Waals surface area contributed by atoms with E-state index in [0.29, 0.717) is 38.7 Å². The number of benzene rings is 1. The summed E-state index contributed by atoms with van der Waals surface area (Å²) in [4.78, 5) is 20.8. The molecule has 30 heavy (non-hydrogen) atoms. The van der Waals surface area contributed by atoms with Gasteiger partial charge in [0.05, 0.1) is 28.0 Å². The Labute approximate surface area is 181 Å². The molecule has 5 N–H and O–H groups in total. The molecule has 3 aromatic rings. The number of rotatable bonds is 3. The van der Waals surface area contributed by atoms with Gasteiger partial charge in [0.25, 0.3) is 0 Å². The van der Waals surface area contributed by atoms with Crippen LogP contribution in [0.4, 0.5) is 0 Å². The van der Waals surface area contributed by atoms with Crippen LogP contribution < -0.4 is 17.0 Å². The van der Waals surface area contributed by atoms with Gasteiger partial charge in [-0.05, 0) is 42.5 Å². The number of nitrogens with one attached hydrogen (secondary N) is 1. The van der Waals surface area contributed by atoms with Crippen molar-refractivity contribution < 1.29 is 0 Å². The largest absolute Gasteiger partial charge is 0.396 e. The predicted molar refractivity (Wildman–Crippen MR) is 125 cm³/mol. The van der Waals surface area contributed by atoms with Crippen molar-refractivity contribution in [2.24, 2.45) is 11.6 Å². The Morgan fingerprint density at radius 3 is 2.50 bits per heavy atom. The molecule has 0 unspecified atom stereocenters. The summed E-state index contributed by atoms with van der Waals surface area (Å²) in [6.07, 6.45) is 1.62. The third-order valence-corrected chi connectivity index (χ3v) is 5.64. The van der Waals surface area contributed by atoms with Gasteiger partial charge in [0.1, 0.15) is 5.69 Å². The Morgan fingerprint density at radius 1 is 1.23 bits per heavy atom. The molecule has 3 rings (SSSR count). The van der Waals surface area contributed by atoms with Crippen molar-refractivity contribution in [3.05, 3.63) is 68.2 Å². The Hall–Kier alpha value is -2.83. The lowest BCUT2D eigenvalue weighted by molar-refractivity contribution is 0.443. The van der Waals surface area contributed by atoms with Crippen LogP contribution in [-0.2, 0) is 5.41 Å². The number of hydrazine groups is 1. The number of fused-ring (bicyclic) bond motifs is 1. The van der Waals surface area contributed by atoms with E-state index in [1.54, 1.807) is 32.3 Å². The normalized spacial score (nSPS) is 12.8. The number of aromatic nitrogens is 2. The van der Waals surface area contributed by atoms with E-state index in [2.05, 4.69) is 36.8 Å². The van der Waals surface area contributed by atoms with Crippen LogP contribution >= 0.6 is 11.6 Å². The molecular formula is C23H28ClN5O. The van der Waals surface area contributed by atoms with E-state index in [1.165, 1.54) is 5.01 Å². The molecule has 0 spiro atoms. The van der Waals surface area contributed by atoms with Crippen molar-refractivity contribution in [1.82, 2.24) is 15.0 Å². The molecule has 0 saturated heterocycles. The highest BCUT2D eigenvalue weighted by Crippen LogP contribution is 2.35. The summed E-state index contributed by atoms with van der Waals surface area (Å²) in [5.41, 5.74) is 11.7. The van der Waals surface area contributed by atoms with E-state index >= 15 is 0 Å². The monoisotopic (exact) mass is 425 g/mol. The number of aromatic amines is 1. The molecule has 0 radical (unpaired) electrons. The fourth-order valence-electron chi connectivity index (χ4n) is 3.46. The fourth-order valence-corrected chi connectivity index (χ4v) is 3.90. The van der Waals surface area contributed by atoms with Crippen LogP contribution in [0.5, 0.6) is 0 Å². The summed E-state index contributed by atoms with van der Waals surface area (Å²) in [6, 6.07) is 7.33. The Kier molecular flexibility index (Phi) is 5.67. The lowest BCUT2D eigenvalue weighted by Crippen LogP contribution is -2.26. The van der Waals surface area contributed by atoms with Gasteiger partial charge in [-0.1, -0.05) is 38.4 Å². The van der Waals surface area contributed by atoms with E-state index in [0.717, 1.165) is 16.7 Å². The van der Waals surface area contributed by atoms with E-state index in [9.17, 15) is 4.79 Å². The minimum absolute atomic E-state index is 0.0738. The number of hydrogen-bond acceptors (Lipinski definition) is 5. The van der Waals surface area contributed by atoms with Gasteiger partial charge in [-0.25, -0.2) is 5.84 Å². The van der Waals surface area contributed by atoms with E-state index in [-0.39, 0.29) is 10.8 Å². The van der Waals surface area contributed by atoms with Crippen molar-refractivity contribution in [2.75, 3.05) is 7.05 Å². The number of hydrogen-bond donors (Lipinski definition) is 3. The molecular weight excluding hydrogens is 398 g/mol. The van der Waals surface area contributed by atoms with Crippen LogP contribution in [0.2, 0.25) is 5.02 Å². The lowest BCUT2D eigenvalue weighted by Gasteiger charge is -2.22. The van der Waals surface area contributed by atoms with Gasteiger partial charge in [0.2, 0.25) is 0 Å². The van der Waals surface area contributed by atoms with Crippen LogP contribution in [-0.4, -0.2) is 22.0 Å². The summed E-state index contributed by atoms with van der Waals surface area (Å²) < 4.78 is 0. The number of halogens is 1. The van der Waals surface area contributed by atoms with E-state index in [4.69, 9.17) is 23.2 Å². The first-order valence-corrected chi connectivity index (χ1v) is 10.1. The van der Waals surface area contributed by atoms with Crippen molar-refractivity contribution in [1.29, 1.82) is 0 Å². The topological polar surface area (TPSA) is 101 Å². The highest BCUT2D eigenvalue weighted by molar-refractivity contribution is 6.31. The third-order valence-electron chi connectivity index (χ3n) is 5.33. The molecule has 0 aliphatic heterocycles. The maximum absolute atomic E-state index is 13.1. The second-order valence-electron chi connectivity index (χ2n) is 8.64. The van der Waals surface area contributed by atoms with Gasteiger partial charge in [-0.3, -0.25) is 9.78 Å². The SMILES string of the molecule is C/C(=C(/N)c1nccc2[nH]c(-c3cc(Cl)c(C(C)(C)C)cc3C)cc(=O)c12)N(C)N. The number of allylic oxidation sites excluding steroid dienone is 1. The zero-order chi connectivity index (χ0) is 22.4. The van der Waals surface area contributed by atoms with Gasteiger partial charge >= 0.3 is 0 Å². The minimum Gasteiger partial charge on any atom is -0.396 e. The minimum atomic E-state index is -0.173. The summed E-state index contributed by atoms with van der Waals surface area (Å²) in [5.74, 6) is 5.80. The molecule has 0 saturated carbocycles. The number of nitrogens with two attached hydrogens (primary N) is 2. The van der Waals surface area contributed by atoms with Crippen molar-refractivity contribution in [2.45, 2.75) is 40.0 Å². The molecule has 0 fully saturated rings. The lowest BCUT2D eigenvalue weighted by atomic mass is 9.85. The Morgan fingerprint density at radius 2 is 1.90 bits per heavy atom. The highest BCUT2D eigenvalue weighted by Gasteiger charge is 2.20. The number of nitrogens with zero attached hydrogens (tertiary/aromatic N) is 2. The molecule has 1 aromatic carbocycles. The average Bonchev–Trinajstić information content (AvgIpc) is 2.66. The standard InChI is InChI=1S/C23H28ClN5O/c1-12-9-15(23(3,4)5)16(24)10-14(12)18-11-19(30)20-17(28-18)7-8-27-22(20)21(25)13(2)29(6)26/h7-11H,25-26H2,1-6H3,(H,28,30)/b21-13-. The second kappa shape index (κ2) is 7.78. The summed E-state index contributed by atoms with van der Waals surface area (Å²) in [7, 11) is 1.68. The first-order chi connectivity index (χ1) is 13.9. The first kappa shape index (κ1) is 21.9. The van der Waals surface area contributed by atoms with Crippen molar-refractivity contribution >= 4 is 28.2 Å². The Balaban J connectivity index is 2.25. The number of pyridine rings is 2. The van der Waals surface area contributed by atoms with Crippen LogP contribution in [0.15, 0.2) is 41.0 Å². The molecule has 0 atom stereocenters. The molecule has 0 aliphatic carbocycles. The summed E-state index contributed by atoms with van der Waals surface area (Å²) in [5, 5.41) is 2.50. The van der Waals surface area contributed by atoms with Gasteiger partial charge < -0.3 is 15.7 Å². The van der Waals surface area contributed by atoms with Gasteiger partial charge in [-0.15, -0.1) is 0 Å². The highest BCUT2D eigenvalue weighted by atomic mass is 35.5. The summed E-state index contributed by atoms with van der Waals surface area (Å²) >= 11 is 6.58. The summed E-state index contributed by atoms with van der Waals surface area (Å²) in [6.45, 7) is 10.2. The third kappa shape index (κ3) is 3.93. The predicted octanol–water partition coefficient (Wildman–Crippen LogP) is 4.30. The molecule has 2 aromatic heterocycles. The van der Waals surface area contributed by atoms with Crippen LogP contribution in [0.3, 0.4) is 0 Å². The number of H-pyrrole nitrogens is 1. The van der Waals surface area contributed by atoms with Crippen LogP contribution in [0.1, 0.15) is 44.5 Å². The molecule has 6 nitrogen and oxygen atoms in total. The van der Waals surface area contributed by atoms with Gasteiger partial charge in [0, 0.05) is 29.9 Å². The quantitative estimate of drug-likeness (QED) is 0.429. The molecule has 0 bridgehead atoms. The number of aryl methyl sites for hydroxylation is 1. The molecule has 0 aliphatic rings. The molecule has 2 heterocycles. The maximum Gasteiger partial charge on any atom is 0.192 e. The Bertz CT molecular complexity index is 1220. The first-order valence-electron chi connectivity index (χ1n) is 9.70.